The van der Waals surface area contributed by atoms with Gasteiger partial charge in [0.25, 0.3) is 0 Å². The number of hydrogen-bond donors (Lipinski definition) is 1. The number of nitrogens with one attached hydrogen (secondary N) is 1. The fourth-order valence-electron chi connectivity index (χ4n) is 2.15. The minimum Gasteiger partial charge on any atom is -0.465 e. The van der Waals surface area contributed by atoms with E-state index in [1.807, 2.05) is 24.7 Å². The van der Waals surface area contributed by atoms with Crippen LogP contribution in [0.15, 0.2) is 12.5 Å². The van der Waals surface area contributed by atoms with Gasteiger partial charge in [0.1, 0.15) is 6.04 Å². The number of aromatic nitrogens is 2. The molecule has 0 bridgehead atoms. The summed E-state index contributed by atoms with van der Waals surface area (Å²) in [5, 5.41) is 3.23. The maximum atomic E-state index is 11.9. The van der Waals surface area contributed by atoms with E-state index in [2.05, 4.69) is 15.2 Å². The fourth-order valence-corrected chi connectivity index (χ4v) is 2.15. The molecular formula is C12H20N4O2. The van der Waals surface area contributed by atoms with Crippen LogP contribution in [0.3, 0.4) is 0 Å². The van der Waals surface area contributed by atoms with Crippen LogP contribution < -0.4 is 5.32 Å². The Morgan fingerprint density at radius 2 is 2.50 bits per heavy atom. The summed E-state index contributed by atoms with van der Waals surface area (Å²) in [5.74, 6) is -0.146. The van der Waals surface area contributed by atoms with E-state index in [1.54, 1.807) is 6.33 Å². The monoisotopic (exact) mass is 252 g/mol. The Balaban J connectivity index is 2.04. The summed E-state index contributed by atoms with van der Waals surface area (Å²) in [6, 6.07) is -0.200. The van der Waals surface area contributed by atoms with Gasteiger partial charge in [0, 0.05) is 39.4 Å². The van der Waals surface area contributed by atoms with Gasteiger partial charge in [-0.3, -0.25) is 9.69 Å². The second kappa shape index (κ2) is 5.97. The lowest BCUT2D eigenvalue weighted by molar-refractivity contribution is -0.150. The number of carbonyl (C=O) groups is 1. The molecule has 6 heteroatoms. The molecule has 18 heavy (non-hydrogen) atoms. The van der Waals surface area contributed by atoms with Crippen LogP contribution in [-0.2, 0) is 23.1 Å². The van der Waals surface area contributed by atoms with Crippen molar-refractivity contribution in [2.75, 3.05) is 26.2 Å². The van der Waals surface area contributed by atoms with Crippen LogP contribution in [0.2, 0.25) is 0 Å². The highest BCUT2D eigenvalue weighted by atomic mass is 16.5. The molecule has 1 fully saturated rings. The summed E-state index contributed by atoms with van der Waals surface area (Å²) < 4.78 is 7.09. The molecule has 2 rings (SSSR count). The molecule has 1 atom stereocenters. The largest absolute Gasteiger partial charge is 0.465 e. The highest BCUT2D eigenvalue weighted by Gasteiger charge is 2.30. The zero-order valence-corrected chi connectivity index (χ0v) is 10.9. The normalized spacial score (nSPS) is 20.9. The average Bonchev–Trinajstić information content (AvgIpc) is 2.76. The van der Waals surface area contributed by atoms with Gasteiger partial charge in [-0.2, -0.15) is 0 Å². The molecule has 6 nitrogen and oxygen atoms in total. The zero-order chi connectivity index (χ0) is 13.0. The molecule has 2 heterocycles. The number of ether oxygens (including phenoxy) is 1. The summed E-state index contributed by atoms with van der Waals surface area (Å²) in [5.41, 5.74) is 1.10. The molecule has 100 valence electrons. The van der Waals surface area contributed by atoms with Gasteiger partial charge in [-0.05, 0) is 6.92 Å². The van der Waals surface area contributed by atoms with Crippen LogP contribution in [0.25, 0.3) is 0 Å². The van der Waals surface area contributed by atoms with E-state index in [0.717, 1.165) is 25.3 Å². The van der Waals surface area contributed by atoms with Gasteiger partial charge in [0.05, 0.1) is 18.6 Å². The first kappa shape index (κ1) is 13.0. The first-order valence-electron chi connectivity index (χ1n) is 6.29. The maximum Gasteiger partial charge on any atom is 0.324 e. The molecule has 1 N–H and O–H groups in total. The quantitative estimate of drug-likeness (QED) is 0.749. The molecule has 1 aliphatic heterocycles. The molecule has 1 unspecified atom stereocenters. The predicted octanol–water partition coefficient (Wildman–Crippen LogP) is -0.243. The van der Waals surface area contributed by atoms with E-state index >= 15 is 0 Å². The fraction of sp³-hybridized carbons (Fsp3) is 0.667. The number of piperazine rings is 1. The topological polar surface area (TPSA) is 59.4 Å². The third-order valence-corrected chi connectivity index (χ3v) is 3.19. The van der Waals surface area contributed by atoms with Crippen molar-refractivity contribution in [1.82, 2.24) is 19.8 Å². The molecule has 0 amide bonds. The third-order valence-electron chi connectivity index (χ3n) is 3.19. The summed E-state index contributed by atoms with van der Waals surface area (Å²) in [6.45, 7) is 5.37. The maximum absolute atomic E-state index is 11.9. The molecule has 0 radical (unpaired) electrons. The number of esters is 1. The number of carbonyl (C=O) groups excluding carboxylic acids is 1. The summed E-state index contributed by atoms with van der Waals surface area (Å²) >= 11 is 0. The number of hydrogen-bond acceptors (Lipinski definition) is 5. The van der Waals surface area contributed by atoms with E-state index in [-0.39, 0.29) is 12.0 Å². The van der Waals surface area contributed by atoms with Crippen molar-refractivity contribution in [3.63, 3.8) is 0 Å². The van der Waals surface area contributed by atoms with E-state index in [0.29, 0.717) is 13.2 Å². The number of imidazole rings is 1. The van der Waals surface area contributed by atoms with Gasteiger partial charge in [0.2, 0.25) is 0 Å². The highest BCUT2D eigenvalue weighted by molar-refractivity contribution is 5.76. The Hall–Kier alpha value is -1.40. The molecule has 0 aromatic carbocycles. The molecule has 0 spiro atoms. The lowest BCUT2D eigenvalue weighted by atomic mass is 10.2. The molecule has 1 aromatic rings. The van der Waals surface area contributed by atoms with Gasteiger partial charge < -0.3 is 14.6 Å². The average molecular weight is 252 g/mol. The van der Waals surface area contributed by atoms with Crippen LogP contribution in [-0.4, -0.2) is 52.7 Å². The van der Waals surface area contributed by atoms with Crippen molar-refractivity contribution < 1.29 is 9.53 Å². The van der Waals surface area contributed by atoms with Crippen LogP contribution in [0.5, 0.6) is 0 Å². The van der Waals surface area contributed by atoms with Crippen LogP contribution in [0, 0.1) is 0 Å². The smallest absolute Gasteiger partial charge is 0.324 e. The molecule has 1 saturated heterocycles. The van der Waals surface area contributed by atoms with E-state index in [9.17, 15) is 4.79 Å². The van der Waals surface area contributed by atoms with Gasteiger partial charge >= 0.3 is 5.97 Å². The lowest BCUT2D eigenvalue weighted by Crippen LogP contribution is -2.55. The van der Waals surface area contributed by atoms with Gasteiger partial charge in [-0.25, -0.2) is 4.98 Å². The van der Waals surface area contributed by atoms with Gasteiger partial charge in [-0.15, -0.1) is 0 Å². The third kappa shape index (κ3) is 2.88. The Kier molecular flexibility index (Phi) is 4.33. The molecular weight excluding hydrogens is 232 g/mol. The SMILES string of the molecule is CCOC(=O)C1CNCCN1Cc1cncn1C. The zero-order valence-electron chi connectivity index (χ0n) is 10.9. The highest BCUT2D eigenvalue weighted by Crippen LogP contribution is 2.11. The van der Waals surface area contributed by atoms with Crippen molar-refractivity contribution in [3.05, 3.63) is 18.2 Å². The first-order valence-corrected chi connectivity index (χ1v) is 6.29. The van der Waals surface area contributed by atoms with E-state index in [4.69, 9.17) is 4.74 Å². The molecule has 1 aliphatic rings. The number of rotatable bonds is 4. The summed E-state index contributed by atoms with van der Waals surface area (Å²) in [4.78, 5) is 18.1. The molecule has 0 saturated carbocycles. The minimum absolute atomic E-state index is 0.146. The summed E-state index contributed by atoms with van der Waals surface area (Å²) in [7, 11) is 1.96. The van der Waals surface area contributed by atoms with Crippen LogP contribution in [0.4, 0.5) is 0 Å². The van der Waals surface area contributed by atoms with Crippen molar-refractivity contribution in [2.24, 2.45) is 7.05 Å². The number of nitrogens with zero attached hydrogens (tertiary/aromatic N) is 3. The van der Waals surface area contributed by atoms with Crippen molar-refractivity contribution in [3.8, 4) is 0 Å². The Bertz CT molecular complexity index is 405. The van der Waals surface area contributed by atoms with Crippen LogP contribution >= 0.6 is 0 Å². The Morgan fingerprint density at radius 3 is 3.17 bits per heavy atom. The second-order valence-electron chi connectivity index (χ2n) is 4.44. The Labute approximate surface area is 107 Å². The van der Waals surface area contributed by atoms with Crippen molar-refractivity contribution >= 4 is 5.97 Å². The minimum atomic E-state index is -0.200. The standard InChI is InChI=1S/C12H20N4O2/c1-3-18-12(17)11-7-13-4-5-16(11)8-10-6-14-9-15(10)2/h6,9,11,13H,3-5,7-8H2,1-2H3. The first-order chi connectivity index (χ1) is 8.72. The molecule has 0 aliphatic carbocycles. The molecule has 1 aromatic heterocycles. The van der Waals surface area contributed by atoms with E-state index in [1.165, 1.54) is 0 Å². The van der Waals surface area contributed by atoms with Crippen LogP contribution in [0.1, 0.15) is 12.6 Å². The van der Waals surface area contributed by atoms with Crippen molar-refractivity contribution in [2.45, 2.75) is 19.5 Å². The van der Waals surface area contributed by atoms with Gasteiger partial charge in [-0.1, -0.05) is 0 Å². The summed E-state index contributed by atoms with van der Waals surface area (Å²) in [6.07, 6.45) is 3.61. The van der Waals surface area contributed by atoms with Gasteiger partial charge in [0.15, 0.2) is 0 Å². The second-order valence-corrected chi connectivity index (χ2v) is 4.44. The predicted molar refractivity (Wildman–Crippen MR) is 66.9 cm³/mol. The number of aryl methyl sites for hydroxylation is 1. The van der Waals surface area contributed by atoms with Crippen molar-refractivity contribution in [1.29, 1.82) is 0 Å². The van der Waals surface area contributed by atoms with E-state index < -0.39 is 0 Å². The Morgan fingerprint density at radius 1 is 1.67 bits per heavy atom. The lowest BCUT2D eigenvalue weighted by Gasteiger charge is -2.34.